The van der Waals surface area contributed by atoms with Gasteiger partial charge in [-0.25, -0.2) is 0 Å². The van der Waals surface area contributed by atoms with Gasteiger partial charge in [-0.1, -0.05) is 63.0 Å². The Morgan fingerprint density at radius 2 is 1.80 bits per heavy atom. The second-order valence-electron chi connectivity index (χ2n) is 10.4. The van der Waals surface area contributed by atoms with Gasteiger partial charge in [0.15, 0.2) is 8.32 Å². The summed E-state index contributed by atoms with van der Waals surface area (Å²) in [7, 11) is -0.303. The minimum atomic E-state index is -1.93. The Hall–Kier alpha value is -2.14. The van der Waals surface area contributed by atoms with Gasteiger partial charge in [-0.05, 0) is 61.3 Å². The number of rotatable bonds is 12. The number of aliphatic hydroxyl groups is 2. The number of aliphatic hydroxyl groups excluding tert-OH is 2. The van der Waals surface area contributed by atoms with Gasteiger partial charge in [-0.3, -0.25) is 0 Å². The molecule has 0 aromatic heterocycles. The number of hydrogen-bond acceptors (Lipinski definition) is 5. The molecule has 35 heavy (non-hydrogen) atoms. The number of ether oxygens (including phenoxy) is 2. The third-order valence-corrected chi connectivity index (χ3v) is 10.7. The van der Waals surface area contributed by atoms with Gasteiger partial charge in [-0.2, -0.15) is 0 Å². The summed E-state index contributed by atoms with van der Waals surface area (Å²) in [6.45, 7) is 19.3. The molecule has 194 valence electrons. The van der Waals surface area contributed by atoms with Gasteiger partial charge in [0.25, 0.3) is 0 Å². The predicted molar refractivity (Wildman–Crippen MR) is 147 cm³/mol. The molecule has 1 aromatic rings. The molecule has 0 unspecified atom stereocenters. The van der Waals surface area contributed by atoms with Crippen LogP contribution in [0.4, 0.5) is 0 Å². The van der Waals surface area contributed by atoms with E-state index in [1.54, 1.807) is 13.2 Å². The quantitative estimate of drug-likeness (QED) is 0.216. The smallest absolute Gasteiger partial charge is 0.192 e. The van der Waals surface area contributed by atoms with Crippen molar-refractivity contribution in [3.63, 3.8) is 0 Å². The molecule has 1 rings (SSSR count). The van der Waals surface area contributed by atoms with E-state index < -0.39 is 20.5 Å². The number of allylic oxidation sites excluding steroid dienone is 2. The normalized spacial score (nSPS) is 13.9. The first kappa shape index (κ1) is 30.9. The fourth-order valence-electron chi connectivity index (χ4n) is 2.82. The fourth-order valence-corrected chi connectivity index (χ4v) is 3.75. The first-order chi connectivity index (χ1) is 16.3. The Morgan fingerprint density at radius 3 is 2.31 bits per heavy atom. The van der Waals surface area contributed by atoms with E-state index >= 15 is 0 Å². The van der Waals surface area contributed by atoms with Crippen LogP contribution in [-0.4, -0.2) is 51.1 Å². The molecule has 0 heterocycles. The molecule has 5 nitrogen and oxygen atoms in total. The molecule has 0 aliphatic heterocycles. The minimum absolute atomic E-state index is 0.0843. The van der Waals surface area contributed by atoms with E-state index in [1.165, 1.54) is 0 Å². The highest BCUT2D eigenvalue weighted by atomic mass is 28.4. The molecule has 0 amide bonds. The van der Waals surface area contributed by atoms with Gasteiger partial charge in [0, 0.05) is 12.0 Å². The average molecular weight is 501 g/mol. The zero-order chi connectivity index (χ0) is 26.6. The third kappa shape index (κ3) is 11.0. The zero-order valence-corrected chi connectivity index (χ0v) is 23.8. The molecule has 6 heteroatoms. The van der Waals surface area contributed by atoms with E-state index in [0.717, 1.165) is 16.9 Å². The number of hydrogen-bond donors (Lipinski definition) is 2. The van der Waals surface area contributed by atoms with E-state index in [0.29, 0.717) is 24.4 Å². The number of methoxy groups -OCH3 is 1. The van der Waals surface area contributed by atoms with Gasteiger partial charge >= 0.3 is 0 Å². The van der Waals surface area contributed by atoms with Gasteiger partial charge in [0.2, 0.25) is 0 Å². The van der Waals surface area contributed by atoms with Crippen LogP contribution in [0.3, 0.4) is 0 Å². The van der Waals surface area contributed by atoms with Crippen molar-refractivity contribution >= 4 is 8.32 Å². The van der Waals surface area contributed by atoms with E-state index in [4.69, 9.17) is 13.9 Å². The van der Waals surface area contributed by atoms with Crippen molar-refractivity contribution in [2.45, 2.75) is 78.0 Å². The van der Waals surface area contributed by atoms with Crippen LogP contribution in [0.15, 0.2) is 59.7 Å². The Bertz CT molecular complexity index is 923. The van der Waals surface area contributed by atoms with Crippen LogP contribution < -0.4 is 4.74 Å². The van der Waals surface area contributed by atoms with Crippen molar-refractivity contribution < 1.29 is 24.1 Å². The molecule has 1 aromatic carbocycles. The van der Waals surface area contributed by atoms with Crippen LogP contribution in [0.25, 0.3) is 0 Å². The second kappa shape index (κ2) is 14.4. The SMILES string of the molecule is C=C(C#CC=C(C)C)[C@H](C[C@H](O)/C(=C/CO[Si](C)(C)C(C)(C)C)CO)OCc1ccc(OC)cc1. The lowest BCUT2D eigenvalue weighted by Crippen LogP contribution is -2.40. The van der Waals surface area contributed by atoms with Crippen molar-refractivity contribution in [2.75, 3.05) is 20.3 Å². The van der Waals surface area contributed by atoms with E-state index in [-0.39, 0.29) is 18.1 Å². The maximum atomic E-state index is 10.9. The molecule has 0 saturated carbocycles. The summed E-state index contributed by atoms with van der Waals surface area (Å²) < 4.78 is 17.5. The molecule has 0 spiro atoms. The molecule has 2 N–H and O–H groups in total. The predicted octanol–water partition coefficient (Wildman–Crippen LogP) is 5.80. The third-order valence-electron chi connectivity index (χ3n) is 6.24. The summed E-state index contributed by atoms with van der Waals surface area (Å²) in [5.74, 6) is 6.80. The van der Waals surface area contributed by atoms with Gasteiger partial charge in [0.05, 0.1) is 39.1 Å². The average Bonchev–Trinajstić information content (AvgIpc) is 2.78. The van der Waals surface area contributed by atoms with Crippen LogP contribution >= 0.6 is 0 Å². The zero-order valence-electron chi connectivity index (χ0n) is 22.8. The summed E-state index contributed by atoms with van der Waals surface area (Å²) >= 11 is 0. The summed E-state index contributed by atoms with van der Waals surface area (Å²) in [4.78, 5) is 0. The molecule has 0 fully saturated rings. The standard InChI is InChI=1S/C29H44O5Si/c1-22(2)11-10-12-23(3)28(33-21-24-13-15-26(32-7)16-14-24)19-27(31)25(20-30)17-18-34-35(8,9)29(4,5)6/h11,13-17,27-28,30-31H,3,18-21H2,1-2,4-9H3/b25-17+/t27-,28-/m0/s1. The van der Waals surface area contributed by atoms with Gasteiger partial charge in [0.1, 0.15) is 5.75 Å². The van der Waals surface area contributed by atoms with E-state index in [2.05, 4.69) is 52.3 Å². The molecule has 0 saturated heterocycles. The fraction of sp³-hybridized carbons (Fsp3) is 0.517. The molecule has 0 aliphatic rings. The van der Waals surface area contributed by atoms with Crippen LogP contribution in [0.2, 0.25) is 18.1 Å². The first-order valence-corrected chi connectivity index (χ1v) is 14.9. The summed E-state index contributed by atoms with van der Waals surface area (Å²) in [5.41, 5.74) is 3.14. The Morgan fingerprint density at radius 1 is 1.17 bits per heavy atom. The maximum absolute atomic E-state index is 10.9. The van der Waals surface area contributed by atoms with Crippen molar-refractivity contribution in [1.29, 1.82) is 0 Å². The highest BCUT2D eigenvalue weighted by Gasteiger charge is 2.36. The highest BCUT2D eigenvalue weighted by molar-refractivity contribution is 6.74. The Kier molecular flexibility index (Phi) is 12.7. The molecule has 2 atom stereocenters. The van der Waals surface area contributed by atoms with Crippen LogP contribution in [0.5, 0.6) is 5.75 Å². The summed E-state index contributed by atoms with van der Waals surface area (Å²) in [5, 5.41) is 20.9. The van der Waals surface area contributed by atoms with Crippen molar-refractivity contribution in [3.05, 3.63) is 65.3 Å². The first-order valence-electron chi connectivity index (χ1n) is 12.0. The molecular formula is C29H44O5Si. The van der Waals surface area contributed by atoms with Crippen molar-refractivity contribution in [3.8, 4) is 17.6 Å². The largest absolute Gasteiger partial charge is 0.497 e. The van der Waals surface area contributed by atoms with Crippen molar-refractivity contribution in [1.82, 2.24) is 0 Å². The van der Waals surface area contributed by atoms with Gasteiger partial charge < -0.3 is 24.1 Å². The number of benzene rings is 1. The van der Waals surface area contributed by atoms with Crippen LogP contribution in [0, 0.1) is 11.8 Å². The summed E-state index contributed by atoms with van der Waals surface area (Å²) in [6.07, 6.45) is 2.40. The topological polar surface area (TPSA) is 68.2 Å². The molecule has 0 aliphatic carbocycles. The highest BCUT2D eigenvalue weighted by Crippen LogP contribution is 2.36. The van der Waals surface area contributed by atoms with Crippen LogP contribution in [-0.2, 0) is 15.8 Å². The molecule has 0 radical (unpaired) electrons. The monoisotopic (exact) mass is 500 g/mol. The molecular weight excluding hydrogens is 456 g/mol. The molecule has 0 bridgehead atoms. The maximum Gasteiger partial charge on any atom is 0.192 e. The Balaban J connectivity index is 2.97. The Labute approximate surface area is 213 Å². The minimum Gasteiger partial charge on any atom is -0.497 e. The lowest BCUT2D eigenvalue weighted by molar-refractivity contribution is 0.0332. The van der Waals surface area contributed by atoms with Gasteiger partial charge in [-0.15, -0.1) is 0 Å². The lowest BCUT2D eigenvalue weighted by Gasteiger charge is -2.35. The van der Waals surface area contributed by atoms with E-state index in [9.17, 15) is 10.2 Å². The van der Waals surface area contributed by atoms with E-state index in [1.807, 2.05) is 44.2 Å². The lowest BCUT2D eigenvalue weighted by atomic mass is 9.99. The van der Waals surface area contributed by atoms with Crippen molar-refractivity contribution in [2.24, 2.45) is 0 Å². The summed E-state index contributed by atoms with van der Waals surface area (Å²) in [6, 6.07) is 7.62. The second-order valence-corrected chi connectivity index (χ2v) is 15.2. The van der Waals surface area contributed by atoms with Crippen LogP contribution in [0.1, 0.15) is 46.6 Å².